The van der Waals surface area contributed by atoms with Gasteiger partial charge in [-0.2, -0.15) is 0 Å². The van der Waals surface area contributed by atoms with E-state index in [0.717, 1.165) is 12.1 Å². The van der Waals surface area contributed by atoms with Crippen molar-refractivity contribution in [2.45, 2.75) is 12.8 Å². The monoisotopic (exact) mass is 380 g/mol. The van der Waals surface area contributed by atoms with Crippen LogP contribution in [0.1, 0.15) is 23.2 Å². The number of carbonyl (C=O) groups excluding carboxylic acids is 2. The second-order valence-electron chi connectivity index (χ2n) is 6.28. The molecule has 0 saturated carbocycles. The molecule has 0 radical (unpaired) electrons. The predicted molar refractivity (Wildman–Crippen MR) is 105 cm³/mol. The van der Waals surface area contributed by atoms with E-state index >= 15 is 0 Å². The van der Waals surface area contributed by atoms with E-state index in [1.54, 1.807) is 35.6 Å². The molecule has 1 fully saturated rings. The molecule has 2 aromatic carbocycles. The molecular formula is C20H17ClN4O2. The minimum Gasteiger partial charge on any atom is -0.322 e. The Morgan fingerprint density at radius 2 is 1.96 bits per heavy atom. The minimum absolute atomic E-state index is 0.0102. The van der Waals surface area contributed by atoms with E-state index in [1.807, 2.05) is 35.0 Å². The van der Waals surface area contributed by atoms with Crippen molar-refractivity contribution in [2.75, 3.05) is 16.8 Å². The molecule has 1 aromatic heterocycles. The molecule has 0 bridgehead atoms. The van der Waals surface area contributed by atoms with Gasteiger partial charge in [0.05, 0.1) is 17.6 Å². The fourth-order valence-electron chi connectivity index (χ4n) is 3.15. The summed E-state index contributed by atoms with van der Waals surface area (Å²) < 4.78 is 1.88. The highest BCUT2D eigenvalue weighted by Crippen LogP contribution is 2.29. The number of hydrogen-bond donors (Lipinski definition) is 1. The van der Waals surface area contributed by atoms with Crippen LogP contribution in [0.25, 0.3) is 5.69 Å². The molecule has 1 aliphatic heterocycles. The first-order valence-corrected chi connectivity index (χ1v) is 8.99. The SMILES string of the molecule is O=C(Nc1ccc(-n2ccnc2)cc1)c1ccc(Cl)cc1N1CCCC1=O. The number of aromatic nitrogens is 2. The van der Waals surface area contributed by atoms with Crippen LogP contribution in [0.4, 0.5) is 11.4 Å². The van der Waals surface area contributed by atoms with E-state index in [2.05, 4.69) is 10.3 Å². The number of nitrogens with one attached hydrogen (secondary N) is 1. The summed E-state index contributed by atoms with van der Waals surface area (Å²) in [6.45, 7) is 0.596. The van der Waals surface area contributed by atoms with Gasteiger partial charge in [-0.3, -0.25) is 9.59 Å². The Kier molecular flexibility index (Phi) is 4.64. The van der Waals surface area contributed by atoms with Crippen molar-refractivity contribution in [3.8, 4) is 5.69 Å². The number of benzene rings is 2. The maximum Gasteiger partial charge on any atom is 0.257 e. The van der Waals surface area contributed by atoms with Crippen LogP contribution in [-0.4, -0.2) is 27.9 Å². The molecule has 0 unspecified atom stereocenters. The lowest BCUT2D eigenvalue weighted by molar-refractivity contribution is -0.117. The fraction of sp³-hybridized carbons (Fsp3) is 0.150. The topological polar surface area (TPSA) is 67.2 Å². The van der Waals surface area contributed by atoms with Gasteiger partial charge in [0.1, 0.15) is 0 Å². The molecule has 4 rings (SSSR count). The highest BCUT2D eigenvalue weighted by Gasteiger charge is 2.26. The number of imidazole rings is 1. The molecule has 0 atom stereocenters. The lowest BCUT2D eigenvalue weighted by atomic mass is 10.1. The van der Waals surface area contributed by atoms with Gasteiger partial charge in [0.2, 0.25) is 5.91 Å². The van der Waals surface area contributed by atoms with E-state index < -0.39 is 0 Å². The van der Waals surface area contributed by atoms with Crippen LogP contribution in [-0.2, 0) is 4.79 Å². The Morgan fingerprint density at radius 3 is 2.63 bits per heavy atom. The fourth-order valence-corrected chi connectivity index (χ4v) is 3.32. The zero-order chi connectivity index (χ0) is 18.8. The number of rotatable bonds is 4. The van der Waals surface area contributed by atoms with E-state index in [1.165, 1.54) is 0 Å². The Balaban J connectivity index is 1.57. The van der Waals surface area contributed by atoms with Crippen LogP contribution in [0.3, 0.4) is 0 Å². The number of nitrogens with zero attached hydrogens (tertiary/aromatic N) is 3. The molecule has 2 amide bonds. The first kappa shape index (κ1) is 17.3. The normalized spacial score (nSPS) is 13.8. The van der Waals surface area contributed by atoms with Gasteiger partial charge in [-0.25, -0.2) is 4.98 Å². The van der Waals surface area contributed by atoms with Gasteiger partial charge in [0, 0.05) is 41.8 Å². The Labute approximate surface area is 161 Å². The summed E-state index contributed by atoms with van der Waals surface area (Å²) in [5, 5.41) is 3.38. The van der Waals surface area contributed by atoms with Crippen molar-refractivity contribution in [3.63, 3.8) is 0 Å². The van der Waals surface area contributed by atoms with E-state index in [4.69, 9.17) is 11.6 Å². The third kappa shape index (κ3) is 3.57. The molecule has 1 N–H and O–H groups in total. The molecule has 0 aliphatic carbocycles. The maximum atomic E-state index is 12.8. The number of halogens is 1. The first-order valence-electron chi connectivity index (χ1n) is 8.61. The second-order valence-corrected chi connectivity index (χ2v) is 6.72. The maximum absolute atomic E-state index is 12.8. The highest BCUT2D eigenvalue weighted by molar-refractivity contribution is 6.31. The van der Waals surface area contributed by atoms with Crippen molar-refractivity contribution >= 4 is 34.8 Å². The molecule has 136 valence electrons. The van der Waals surface area contributed by atoms with Crippen molar-refractivity contribution in [2.24, 2.45) is 0 Å². The van der Waals surface area contributed by atoms with Crippen molar-refractivity contribution in [1.82, 2.24) is 9.55 Å². The predicted octanol–water partition coefficient (Wildman–Crippen LogP) is 3.90. The minimum atomic E-state index is -0.281. The third-order valence-corrected chi connectivity index (χ3v) is 4.73. The zero-order valence-corrected chi connectivity index (χ0v) is 15.2. The van der Waals surface area contributed by atoms with Gasteiger partial charge < -0.3 is 14.8 Å². The van der Waals surface area contributed by atoms with Crippen molar-refractivity contribution in [3.05, 3.63) is 71.8 Å². The van der Waals surface area contributed by atoms with Gasteiger partial charge in [0.25, 0.3) is 5.91 Å². The quantitative estimate of drug-likeness (QED) is 0.746. The molecule has 0 spiro atoms. The molecule has 2 heterocycles. The lowest BCUT2D eigenvalue weighted by Crippen LogP contribution is -2.27. The largest absolute Gasteiger partial charge is 0.322 e. The highest BCUT2D eigenvalue weighted by atomic mass is 35.5. The Morgan fingerprint density at radius 1 is 1.15 bits per heavy atom. The first-order chi connectivity index (χ1) is 13.1. The molecule has 7 heteroatoms. The van der Waals surface area contributed by atoms with Crippen LogP contribution in [0.15, 0.2) is 61.2 Å². The molecule has 1 saturated heterocycles. The van der Waals surface area contributed by atoms with Gasteiger partial charge >= 0.3 is 0 Å². The van der Waals surface area contributed by atoms with E-state index in [0.29, 0.717) is 34.9 Å². The van der Waals surface area contributed by atoms with Crippen LogP contribution in [0.2, 0.25) is 5.02 Å². The number of carbonyl (C=O) groups is 2. The van der Waals surface area contributed by atoms with Crippen LogP contribution in [0, 0.1) is 0 Å². The van der Waals surface area contributed by atoms with Gasteiger partial charge in [-0.05, 0) is 48.9 Å². The number of anilines is 2. The van der Waals surface area contributed by atoms with Crippen molar-refractivity contribution < 1.29 is 9.59 Å². The number of hydrogen-bond acceptors (Lipinski definition) is 3. The van der Waals surface area contributed by atoms with Crippen LogP contribution < -0.4 is 10.2 Å². The summed E-state index contributed by atoms with van der Waals surface area (Å²) in [5.74, 6) is -0.271. The molecule has 27 heavy (non-hydrogen) atoms. The average Bonchev–Trinajstić information content (AvgIpc) is 3.34. The zero-order valence-electron chi connectivity index (χ0n) is 14.4. The summed E-state index contributed by atoms with van der Waals surface area (Å²) in [6, 6.07) is 12.4. The summed E-state index contributed by atoms with van der Waals surface area (Å²) in [4.78, 5) is 30.6. The summed E-state index contributed by atoms with van der Waals surface area (Å²) >= 11 is 6.10. The Bertz CT molecular complexity index is 984. The van der Waals surface area contributed by atoms with E-state index in [-0.39, 0.29) is 11.8 Å². The lowest BCUT2D eigenvalue weighted by Gasteiger charge is -2.20. The van der Waals surface area contributed by atoms with Gasteiger partial charge in [-0.15, -0.1) is 0 Å². The van der Waals surface area contributed by atoms with Gasteiger partial charge in [-0.1, -0.05) is 11.6 Å². The molecular weight excluding hydrogens is 364 g/mol. The van der Waals surface area contributed by atoms with Gasteiger partial charge in [0.15, 0.2) is 0 Å². The van der Waals surface area contributed by atoms with E-state index in [9.17, 15) is 9.59 Å². The smallest absolute Gasteiger partial charge is 0.257 e. The summed E-state index contributed by atoms with van der Waals surface area (Å²) in [7, 11) is 0. The molecule has 1 aliphatic rings. The van der Waals surface area contributed by atoms with Crippen LogP contribution in [0.5, 0.6) is 0 Å². The third-order valence-electron chi connectivity index (χ3n) is 4.50. The average molecular weight is 381 g/mol. The standard InChI is InChI=1S/C20H17ClN4O2/c21-14-3-8-17(18(12-14)25-10-1-2-19(25)26)20(27)23-15-4-6-16(7-5-15)24-11-9-22-13-24/h3-9,11-13H,1-2,10H2,(H,23,27). The number of amides is 2. The molecule has 6 nitrogen and oxygen atoms in total. The summed E-state index contributed by atoms with van der Waals surface area (Å²) in [6.07, 6.45) is 6.53. The Hall–Kier alpha value is -3.12. The molecule has 3 aromatic rings. The van der Waals surface area contributed by atoms with Crippen LogP contribution >= 0.6 is 11.6 Å². The van der Waals surface area contributed by atoms with Crippen molar-refractivity contribution in [1.29, 1.82) is 0 Å². The summed E-state index contributed by atoms with van der Waals surface area (Å²) in [5.41, 5.74) is 2.59. The second kappa shape index (κ2) is 7.25.